The van der Waals surface area contributed by atoms with Gasteiger partial charge in [-0.15, -0.1) is 0 Å². The molecular formula is C14H23N3O2. The van der Waals surface area contributed by atoms with Crippen LogP contribution in [0.1, 0.15) is 25.0 Å². The SMILES string of the molecule is Cc1cc(CO)cnc1N(C)CC(=O)NCC(C)C. The van der Waals surface area contributed by atoms with Gasteiger partial charge in [0.15, 0.2) is 0 Å². The first-order chi connectivity index (χ1) is 8.93. The monoisotopic (exact) mass is 265 g/mol. The number of hydrogen-bond acceptors (Lipinski definition) is 4. The Hall–Kier alpha value is -1.62. The number of anilines is 1. The van der Waals surface area contributed by atoms with Crippen molar-refractivity contribution in [2.75, 3.05) is 25.0 Å². The summed E-state index contributed by atoms with van der Waals surface area (Å²) in [5.74, 6) is 1.19. The molecule has 1 heterocycles. The molecule has 0 radical (unpaired) electrons. The average molecular weight is 265 g/mol. The number of carbonyl (C=O) groups excluding carboxylic acids is 1. The molecule has 5 heteroatoms. The van der Waals surface area contributed by atoms with Gasteiger partial charge >= 0.3 is 0 Å². The molecule has 0 aromatic carbocycles. The lowest BCUT2D eigenvalue weighted by Gasteiger charge is -2.20. The van der Waals surface area contributed by atoms with Crippen LogP contribution in [0.2, 0.25) is 0 Å². The first-order valence-electron chi connectivity index (χ1n) is 6.48. The van der Waals surface area contributed by atoms with E-state index in [1.807, 2.05) is 24.9 Å². The number of amides is 1. The Balaban J connectivity index is 2.62. The van der Waals surface area contributed by atoms with Gasteiger partial charge in [-0.25, -0.2) is 4.98 Å². The number of aryl methyl sites for hydroxylation is 1. The molecule has 19 heavy (non-hydrogen) atoms. The van der Waals surface area contributed by atoms with Crippen LogP contribution < -0.4 is 10.2 Å². The van der Waals surface area contributed by atoms with Gasteiger partial charge < -0.3 is 15.3 Å². The van der Waals surface area contributed by atoms with E-state index in [4.69, 9.17) is 5.11 Å². The number of pyridine rings is 1. The maximum absolute atomic E-state index is 11.7. The molecule has 106 valence electrons. The van der Waals surface area contributed by atoms with Crippen LogP contribution in [0.15, 0.2) is 12.3 Å². The average Bonchev–Trinajstić information content (AvgIpc) is 2.35. The van der Waals surface area contributed by atoms with Gasteiger partial charge in [0, 0.05) is 19.8 Å². The van der Waals surface area contributed by atoms with Crippen molar-refractivity contribution in [1.29, 1.82) is 0 Å². The van der Waals surface area contributed by atoms with Crippen LogP contribution in [0, 0.1) is 12.8 Å². The molecule has 0 aliphatic heterocycles. The smallest absolute Gasteiger partial charge is 0.239 e. The molecule has 1 rings (SSSR count). The molecule has 0 atom stereocenters. The summed E-state index contributed by atoms with van der Waals surface area (Å²) in [5.41, 5.74) is 1.73. The maximum Gasteiger partial charge on any atom is 0.239 e. The molecule has 1 aromatic rings. The number of nitrogens with zero attached hydrogens (tertiary/aromatic N) is 2. The van der Waals surface area contributed by atoms with Crippen LogP contribution in [0.3, 0.4) is 0 Å². The molecule has 0 fully saturated rings. The van der Waals surface area contributed by atoms with Gasteiger partial charge in [0.25, 0.3) is 0 Å². The minimum Gasteiger partial charge on any atom is -0.392 e. The van der Waals surface area contributed by atoms with Crippen molar-refractivity contribution in [2.45, 2.75) is 27.4 Å². The quantitative estimate of drug-likeness (QED) is 0.808. The van der Waals surface area contributed by atoms with Crippen molar-refractivity contribution >= 4 is 11.7 Å². The number of rotatable bonds is 6. The van der Waals surface area contributed by atoms with E-state index >= 15 is 0 Å². The van der Waals surface area contributed by atoms with E-state index in [0.717, 1.165) is 16.9 Å². The highest BCUT2D eigenvalue weighted by molar-refractivity contribution is 5.81. The summed E-state index contributed by atoms with van der Waals surface area (Å²) in [4.78, 5) is 17.8. The van der Waals surface area contributed by atoms with Gasteiger partial charge in [-0.2, -0.15) is 0 Å². The third-order valence-corrected chi connectivity index (χ3v) is 2.74. The van der Waals surface area contributed by atoms with E-state index in [9.17, 15) is 4.79 Å². The van der Waals surface area contributed by atoms with Gasteiger partial charge in [0.05, 0.1) is 13.2 Å². The first-order valence-corrected chi connectivity index (χ1v) is 6.48. The predicted octanol–water partition coefficient (Wildman–Crippen LogP) is 1.09. The molecule has 5 nitrogen and oxygen atoms in total. The van der Waals surface area contributed by atoms with Crippen molar-refractivity contribution < 1.29 is 9.90 Å². The summed E-state index contributed by atoms with van der Waals surface area (Å²) < 4.78 is 0. The van der Waals surface area contributed by atoms with Gasteiger partial charge in [0.2, 0.25) is 5.91 Å². The van der Waals surface area contributed by atoms with E-state index in [-0.39, 0.29) is 19.1 Å². The predicted molar refractivity (Wildman–Crippen MR) is 76.0 cm³/mol. The van der Waals surface area contributed by atoms with Crippen molar-refractivity contribution in [3.63, 3.8) is 0 Å². The van der Waals surface area contributed by atoms with Crippen molar-refractivity contribution in [1.82, 2.24) is 10.3 Å². The Labute approximate surface area is 114 Å². The minimum atomic E-state index is -0.0211. The van der Waals surface area contributed by atoms with E-state index in [0.29, 0.717) is 12.5 Å². The number of likely N-dealkylation sites (N-methyl/N-ethyl adjacent to an activating group) is 1. The summed E-state index contributed by atoms with van der Waals surface area (Å²) in [6.07, 6.45) is 1.63. The van der Waals surface area contributed by atoms with Crippen LogP contribution in [0.4, 0.5) is 5.82 Å². The second-order valence-electron chi connectivity index (χ2n) is 5.20. The van der Waals surface area contributed by atoms with Crippen molar-refractivity contribution in [3.8, 4) is 0 Å². The van der Waals surface area contributed by atoms with Crippen LogP contribution in [0.5, 0.6) is 0 Å². The van der Waals surface area contributed by atoms with Gasteiger partial charge in [-0.05, 0) is 30.0 Å². The summed E-state index contributed by atoms with van der Waals surface area (Å²) in [5, 5.41) is 11.9. The Morgan fingerprint density at radius 1 is 1.53 bits per heavy atom. The Kier molecular flexibility index (Phi) is 5.76. The van der Waals surface area contributed by atoms with Crippen molar-refractivity contribution in [3.05, 3.63) is 23.4 Å². The second kappa shape index (κ2) is 7.09. The van der Waals surface area contributed by atoms with Gasteiger partial charge in [0.1, 0.15) is 5.82 Å². The molecule has 1 amide bonds. The largest absolute Gasteiger partial charge is 0.392 e. The maximum atomic E-state index is 11.7. The highest BCUT2D eigenvalue weighted by Gasteiger charge is 2.11. The molecular weight excluding hydrogens is 242 g/mol. The minimum absolute atomic E-state index is 0.0105. The van der Waals surface area contributed by atoms with Crippen LogP contribution in [-0.2, 0) is 11.4 Å². The van der Waals surface area contributed by atoms with Gasteiger partial charge in [-0.3, -0.25) is 4.79 Å². The van der Waals surface area contributed by atoms with Crippen molar-refractivity contribution in [2.24, 2.45) is 5.92 Å². The zero-order valence-corrected chi connectivity index (χ0v) is 12.1. The molecule has 0 aliphatic rings. The normalized spacial score (nSPS) is 10.6. The fourth-order valence-corrected chi connectivity index (χ4v) is 1.78. The number of hydrogen-bond donors (Lipinski definition) is 2. The summed E-state index contributed by atoms with van der Waals surface area (Å²) in [7, 11) is 1.84. The topological polar surface area (TPSA) is 65.5 Å². The van der Waals surface area contributed by atoms with E-state index in [2.05, 4.69) is 24.1 Å². The molecule has 0 spiro atoms. The summed E-state index contributed by atoms with van der Waals surface area (Å²) in [6.45, 7) is 6.98. The van der Waals surface area contributed by atoms with Crippen LogP contribution >= 0.6 is 0 Å². The van der Waals surface area contributed by atoms with Crippen LogP contribution in [-0.4, -0.2) is 36.1 Å². The zero-order chi connectivity index (χ0) is 14.4. The van der Waals surface area contributed by atoms with Crippen LogP contribution in [0.25, 0.3) is 0 Å². The molecule has 0 unspecified atom stereocenters. The number of aromatic nitrogens is 1. The van der Waals surface area contributed by atoms with E-state index in [1.165, 1.54) is 0 Å². The number of aliphatic hydroxyl groups is 1. The molecule has 1 aromatic heterocycles. The third-order valence-electron chi connectivity index (χ3n) is 2.74. The zero-order valence-electron chi connectivity index (χ0n) is 12.1. The highest BCUT2D eigenvalue weighted by Crippen LogP contribution is 2.16. The lowest BCUT2D eigenvalue weighted by molar-refractivity contribution is -0.119. The van der Waals surface area contributed by atoms with E-state index < -0.39 is 0 Å². The number of carbonyl (C=O) groups is 1. The lowest BCUT2D eigenvalue weighted by atomic mass is 10.2. The second-order valence-corrected chi connectivity index (χ2v) is 5.20. The Bertz CT molecular complexity index is 433. The molecule has 0 saturated carbocycles. The summed E-state index contributed by atoms with van der Waals surface area (Å²) >= 11 is 0. The van der Waals surface area contributed by atoms with E-state index in [1.54, 1.807) is 6.20 Å². The molecule has 0 saturated heterocycles. The number of nitrogens with one attached hydrogen (secondary N) is 1. The summed E-state index contributed by atoms with van der Waals surface area (Å²) in [6, 6.07) is 1.88. The fraction of sp³-hybridized carbons (Fsp3) is 0.571. The fourth-order valence-electron chi connectivity index (χ4n) is 1.78. The highest BCUT2D eigenvalue weighted by atomic mass is 16.3. The van der Waals surface area contributed by atoms with Gasteiger partial charge in [-0.1, -0.05) is 13.8 Å². The lowest BCUT2D eigenvalue weighted by Crippen LogP contribution is -2.37. The molecule has 2 N–H and O–H groups in total. The molecule has 0 bridgehead atoms. The number of aliphatic hydroxyl groups excluding tert-OH is 1. The third kappa shape index (κ3) is 4.87. The molecule has 0 aliphatic carbocycles. The Morgan fingerprint density at radius 3 is 2.74 bits per heavy atom. The Morgan fingerprint density at radius 2 is 2.21 bits per heavy atom. The first kappa shape index (κ1) is 15.4. The standard InChI is InChI=1S/C14H23N3O2/c1-10(2)6-15-13(19)8-17(4)14-11(3)5-12(9-18)7-16-14/h5,7,10,18H,6,8-9H2,1-4H3,(H,15,19).